The Balaban J connectivity index is 1.85. The maximum Gasteiger partial charge on any atom is 0.0952 e. The van der Waals surface area contributed by atoms with E-state index in [1.807, 2.05) is 6.33 Å². The number of imidazole rings is 1. The van der Waals surface area contributed by atoms with Gasteiger partial charge in [0.15, 0.2) is 0 Å². The summed E-state index contributed by atoms with van der Waals surface area (Å²) < 4.78 is 3.42. The van der Waals surface area contributed by atoms with Gasteiger partial charge in [-0.2, -0.15) is 0 Å². The fraction of sp³-hybridized carbons (Fsp3) is 0.400. The van der Waals surface area contributed by atoms with E-state index in [-0.39, 0.29) is 0 Å². The highest BCUT2D eigenvalue weighted by Gasteiger charge is 2.00. The molecule has 0 aliphatic rings. The average Bonchev–Trinajstić information content (AvgIpc) is 2.85. The molecule has 1 aromatic carbocycles. The van der Waals surface area contributed by atoms with Gasteiger partial charge in [0.05, 0.1) is 12.0 Å². The molecule has 2 rings (SSSR count). The SMILES string of the molecule is CCCNCCc1cn(Cc2ccc(I)cc2)cn1. The van der Waals surface area contributed by atoms with Crippen LogP contribution in [0.3, 0.4) is 0 Å². The fourth-order valence-electron chi connectivity index (χ4n) is 1.94. The standard InChI is InChI=1S/C15H20IN3/c1-2-8-17-9-7-15-11-19(12-18-15)10-13-3-5-14(16)6-4-13/h3-6,11-12,17H,2,7-10H2,1H3. The molecule has 2 aromatic rings. The Morgan fingerprint density at radius 2 is 2.00 bits per heavy atom. The third-order valence-electron chi connectivity index (χ3n) is 2.95. The third-order valence-corrected chi connectivity index (χ3v) is 3.67. The van der Waals surface area contributed by atoms with E-state index in [2.05, 4.69) is 74.8 Å². The van der Waals surface area contributed by atoms with E-state index in [0.717, 1.165) is 31.7 Å². The van der Waals surface area contributed by atoms with Gasteiger partial charge in [-0.05, 0) is 53.3 Å². The van der Waals surface area contributed by atoms with Crippen LogP contribution in [-0.4, -0.2) is 22.6 Å². The first-order chi connectivity index (χ1) is 9.28. The summed E-state index contributed by atoms with van der Waals surface area (Å²) >= 11 is 2.33. The van der Waals surface area contributed by atoms with Gasteiger partial charge in [0, 0.05) is 29.3 Å². The van der Waals surface area contributed by atoms with Crippen LogP contribution in [-0.2, 0) is 13.0 Å². The quantitative estimate of drug-likeness (QED) is 0.601. The van der Waals surface area contributed by atoms with Gasteiger partial charge < -0.3 is 9.88 Å². The van der Waals surface area contributed by atoms with E-state index >= 15 is 0 Å². The molecule has 0 amide bonds. The van der Waals surface area contributed by atoms with Crippen molar-refractivity contribution >= 4 is 22.6 Å². The summed E-state index contributed by atoms with van der Waals surface area (Å²) in [5.74, 6) is 0. The molecule has 0 atom stereocenters. The zero-order chi connectivity index (χ0) is 13.5. The van der Waals surface area contributed by atoms with E-state index in [1.165, 1.54) is 15.6 Å². The second kappa shape index (κ2) is 7.65. The van der Waals surface area contributed by atoms with E-state index in [1.54, 1.807) is 0 Å². The minimum Gasteiger partial charge on any atom is -0.333 e. The average molecular weight is 369 g/mol. The highest BCUT2D eigenvalue weighted by molar-refractivity contribution is 14.1. The zero-order valence-electron chi connectivity index (χ0n) is 11.3. The Bertz CT molecular complexity index is 490. The number of rotatable bonds is 7. The normalized spacial score (nSPS) is 10.8. The molecule has 0 spiro atoms. The van der Waals surface area contributed by atoms with Crippen LogP contribution in [0.1, 0.15) is 24.6 Å². The van der Waals surface area contributed by atoms with Crippen molar-refractivity contribution in [2.24, 2.45) is 0 Å². The maximum atomic E-state index is 4.45. The lowest BCUT2D eigenvalue weighted by molar-refractivity contribution is 0.666. The van der Waals surface area contributed by atoms with Crippen LogP contribution in [0.5, 0.6) is 0 Å². The topological polar surface area (TPSA) is 29.9 Å². The Morgan fingerprint density at radius 3 is 2.74 bits per heavy atom. The number of hydrogen-bond acceptors (Lipinski definition) is 2. The predicted octanol–water partition coefficient (Wildman–Crippen LogP) is 3.08. The first kappa shape index (κ1) is 14.5. The molecule has 0 saturated carbocycles. The highest BCUT2D eigenvalue weighted by Crippen LogP contribution is 2.09. The van der Waals surface area contributed by atoms with Crippen LogP contribution in [0.2, 0.25) is 0 Å². The van der Waals surface area contributed by atoms with Gasteiger partial charge in [0.2, 0.25) is 0 Å². The first-order valence-corrected chi connectivity index (χ1v) is 7.81. The molecule has 0 aliphatic carbocycles. The van der Waals surface area contributed by atoms with Gasteiger partial charge in [-0.15, -0.1) is 0 Å². The molecule has 4 heteroatoms. The summed E-state index contributed by atoms with van der Waals surface area (Å²) in [6, 6.07) is 8.62. The number of aromatic nitrogens is 2. The van der Waals surface area contributed by atoms with Crippen LogP contribution in [0.15, 0.2) is 36.8 Å². The summed E-state index contributed by atoms with van der Waals surface area (Å²) in [4.78, 5) is 4.45. The van der Waals surface area contributed by atoms with Crippen LogP contribution in [0.4, 0.5) is 0 Å². The van der Waals surface area contributed by atoms with Gasteiger partial charge in [0.25, 0.3) is 0 Å². The first-order valence-electron chi connectivity index (χ1n) is 6.73. The second-order valence-corrected chi connectivity index (χ2v) is 5.91. The Kier molecular flexibility index (Phi) is 5.85. The van der Waals surface area contributed by atoms with Crippen LogP contribution >= 0.6 is 22.6 Å². The molecule has 0 saturated heterocycles. The molecule has 1 N–H and O–H groups in total. The molecule has 1 heterocycles. The molecule has 0 bridgehead atoms. The summed E-state index contributed by atoms with van der Waals surface area (Å²) in [6.45, 7) is 5.17. The number of halogens is 1. The number of nitrogens with zero attached hydrogens (tertiary/aromatic N) is 2. The molecule has 0 radical (unpaired) electrons. The van der Waals surface area contributed by atoms with Gasteiger partial charge in [-0.1, -0.05) is 19.1 Å². The number of hydrogen-bond donors (Lipinski definition) is 1. The summed E-state index contributed by atoms with van der Waals surface area (Å²) in [5, 5.41) is 3.40. The molecular formula is C15H20IN3. The largest absolute Gasteiger partial charge is 0.333 e. The Hall–Kier alpha value is -0.880. The van der Waals surface area contributed by atoms with E-state index in [4.69, 9.17) is 0 Å². The smallest absolute Gasteiger partial charge is 0.0952 e. The Labute approximate surface area is 128 Å². The lowest BCUT2D eigenvalue weighted by atomic mass is 10.2. The highest BCUT2D eigenvalue weighted by atomic mass is 127. The molecule has 0 unspecified atom stereocenters. The molecule has 3 nitrogen and oxygen atoms in total. The summed E-state index contributed by atoms with van der Waals surface area (Å²) in [7, 11) is 0. The molecule has 19 heavy (non-hydrogen) atoms. The van der Waals surface area contributed by atoms with Crippen LogP contribution < -0.4 is 5.32 Å². The molecule has 0 aliphatic heterocycles. The van der Waals surface area contributed by atoms with Gasteiger partial charge >= 0.3 is 0 Å². The van der Waals surface area contributed by atoms with Crippen molar-refractivity contribution in [3.8, 4) is 0 Å². The van der Waals surface area contributed by atoms with Gasteiger partial charge in [0.1, 0.15) is 0 Å². The van der Waals surface area contributed by atoms with Crippen molar-refractivity contribution < 1.29 is 0 Å². The van der Waals surface area contributed by atoms with Crippen molar-refractivity contribution in [3.63, 3.8) is 0 Å². The van der Waals surface area contributed by atoms with Gasteiger partial charge in [-0.25, -0.2) is 4.98 Å². The molecular weight excluding hydrogens is 349 g/mol. The van der Waals surface area contributed by atoms with Crippen molar-refractivity contribution in [1.82, 2.24) is 14.9 Å². The summed E-state index contributed by atoms with van der Waals surface area (Å²) in [5.41, 5.74) is 2.47. The molecule has 102 valence electrons. The minimum atomic E-state index is 0.895. The van der Waals surface area contributed by atoms with E-state index < -0.39 is 0 Å². The van der Waals surface area contributed by atoms with Crippen molar-refractivity contribution in [3.05, 3.63) is 51.6 Å². The molecule has 0 fully saturated rings. The number of nitrogens with one attached hydrogen (secondary N) is 1. The maximum absolute atomic E-state index is 4.45. The van der Waals surface area contributed by atoms with Gasteiger partial charge in [-0.3, -0.25) is 0 Å². The fourth-order valence-corrected chi connectivity index (χ4v) is 2.30. The number of benzene rings is 1. The lowest BCUT2D eigenvalue weighted by Crippen LogP contribution is -2.17. The lowest BCUT2D eigenvalue weighted by Gasteiger charge is -2.02. The summed E-state index contributed by atoms with van der Waals surface area (Å²) in [6.07, 6.45) is 6.25. The van der Waals surface area contributed by atoms with Crippen molar-refractivity contribution in [1.29, 1.82) is 0 Å². The second-order valence-electron chi connectivity index (χ2n) is 4.66. The van der Waals surface area contributed by atoms with Crippen molar-refractivity contribution in [2.45, 2.75) is 26.3 Å². The van der Waals surface area contributed by atoms with E-state index in [0.29, 0.717) is 0 Å². The van der Waals surface area contributed by atoms with Crippen LogP contribution in [0.25, 0.3) is 0 Å². The minimum absolute atomic E-state index is 0.895. The van der Waals surface area contributed by atoms with Crippen molar-refractivity contribution in [2.75, 3.05) is 13.1 Å². The zero-order valence-corrected chi connectivity index (χ0v) is 13.4. The van der Waals surface area contributed by atoms with Crippen LogP contribution in [0, 0.1) is 3.57 Å². The monoisotopic (exact) mass is 369 g/mol. The third kappa shape index (κ3) is 4.95. The predicted molar refractivity (Wildman–Crippen MR) is 87.4 cm³/mol. The Morgan fingerprint density at radius 1 is 1.21 bits per heavy atom. The molecule has 1 aromatic heterocycles. The van der Waals surface area contributed by atoms with E-state index in [9.17, 15) is 0 Å².